The largest absolute Gasteiger partial charge is 0.396 e. The van der Waals surface area contributed by atoms with Crippen LogP contribution in [0.3, 0.4) is 0 Å². The molecule has 0 bridgehead atoms. The van der Waals surface area contributed by atoms with Gasteiger partial charge >= 0.3 is 6.18 Å². The molecule has 0 aromatic carbocycles. The molecule has 0 heterocycles. The van der Waals surface area contributed by atoms with Crippen LogP contribution in [0.15, 0.2) is 0 Å². The molecular weight excluding hydrogens is 145 g/mol. The van der Waals surface area contributed by atoms with Crippen molar-refractivity contribution in [2.24, 2.45) is 11.3 Å². The summed E-state index contributed by atoms with van der Waals surface area (Å²) in [4.78, 5) is 0. The van der Waals surface area contributed by atoms with E-state index in [0.717, 1.165) is 6.92 Å². The molecule has 0 aromatic heterocycles. The number of hydrogen-bond acceptors (Lipinski definition) is 1. The van der Waals surface area contributed by atoms with Crippen molar-refractivity contribution in [1.82, 2.24) is 0 Å². The van der Waals surface area contributed by atoms with Crippen molar-refractivity contribution in [3.8, 4) is 0 Å². The summed E-state index contributed by atoms with van der Waals surface area (Å²) in [6, 6.07) is 0. The number of rotatable bonds is 1. The predicted molar refractivity (Wildman–Crippen MR) is 29.4 cm³/mol. The minimum Gasteiger partial charge on any atom is -0.396 e. The maximum atomic E-state index is 12.0. The van der Waals surface area contributed by atoms with Crippen molar-refractivity contribution in [1.29, 1.82) is 0 Å². The monoisotopic (exact) mass is 154 g/mol. The van der Waals surface area contributed by atoms with Gasteiger partial charge in [-0.25, -0.2) is 0 Å². The average molecular weight is 154 g/mol. The third-order valence-corrected chi connectivity index (χ3v) is 2.28. The van der Waals surface area contributed by atoms with Crippen LogP contribution >= 0.6 is 0 Å². The molecule has 0 amide bonds. The molecule has 0 aliphatic heterocycles. The van der Waals surface area contributed by atoms with Gasteiger partial charge in [-0.05, 0) is 12.3 Å². The lowest BCUT2D eigenvalue weighted by atomic mass is 10.1. The first kappa shape index (κ1) is 7.85. The topological polar surface area (TPSA) is 20.2 Å². The molecule has 4 heteroatoms. The van der Waals surface area contributed by atoms with Gasteiger partial charge in [0.25, 0.3) is 0 Å². The number of hydrogen-bond donors (Lipinski definition) is 1. The Morgan fingerprint density at radius 3 is 2.20 bits per heavy atom. The Hall–Kier alpha value is -0.250. The highest BCUT2D eigenvalue weighted by Crippen LogP contribution is 2.61. The van der Waals surface area contributed by atoms with Gasteiger partial charge in [0.05, 0.1) is 5.41 Å². The molecule has 10 heavy (non-hydrogen) atoms. The van der Waals surface area contributed by atoms with Crippen LogP contribution in [0.5, 0.6) is 0 Å². The smallest absolute Gasteiger partial charge is 0.394 e. The van der Waals surface area contributed by atoms with Crippen LogP contribution in [-0.2, 0) is 0 Å². The standard InChI is InChI=1S/C6H9F3O/c1-5(6(7,8)9)2-4(5)3-10/h4,10H,2-3H2,1H3. The van der Waals surface area contributed by atoms with Crippen LogP contribution in [0.4, 0.5) is 13.2 Å². The minimum atomic E-state index is -4.14. The maximum Gasteiger partial charge on any atom is 0.394 e. The Morgan fingerprint density at radius 1 is 1.60 bits per heavy atom. The highest BCUT2D eigenvalue weighted by atomic mass is 19.4. The van der Waals surface area contributed by atoms with Crippen LogP contribution in [-0.4, -0.2) is 17.9 Å². The lowest BCUT2D eigenvalue weighted by molar-refractivity contribution is -0.187. The lowest BCUT2D eigenvalue weighted by Crippen LogP contribution is -2.24. The second kappa shape index (κ2) is 1.87. The van der Waals surface area contributed by atoms with E-state index in [1.807, 2.05) is 0 Å². The molecule has 1 N–H and O–H groups in total. The predicted octanol–water partition coefficient (Wildman–Crippen LogP) is 1.57. The third-order valence-electron chi connectivity index (χ3n) is 2.28. The molecule has 0 radical (unpaired) electrons. The van der Waals surface area contributed by atoms with Gasteiger partial charge in [-0.1, -0.05) is 6.92 Å². The number of alkyl halides is 3. The first-order chi connectivity index (χ1) is 4.42. The second-order valence-corrected chi connectivity index (χ2v) is 3.00. The van der Waals surface area contributed by atoms with Crippen molar-refractivity contribution in [2.75, 3.05) is 6.61 Å². The summed E-state index contributed by atoms with van der Waals surface area (Å²) < 4.78 is 35.9. The molecule has 2 atom stereocenters. The molecule has 1 fully saturated rings. The SMILES string of the molecule is CC1(C(F)(F)F)CC1CO. The summed E-state index contributed by atoms with van der Waals surface area (Å²) in [6.45, 7) is 0.796. The van der Waals surface area contributed by atoms with E-state index in [4.69, 9.17) is 5.11 Å². The molecule has 60 valence electrons. The molecule has 1 saturated carbocycles. The highest BCUT2D eigenvalue weighted by Gasteiger charge is 2.66. The van der Waals surface area contributed by atoms with Crippen LogP contribution in [0.2, 0.25) is 0 Å². The molecule has 0 aromatic rings. The molecular formula is C6H9F3O. The fraction of sp³-hybridized carbons (Fsp3) is 1.00. The van der Waals surface area contributed by atoms with E-state index < -0.39 is 17.5 Å². The van der Waals surface area contributed by atoms with Crippen molar-refractivity contribution in [2.45, 2.75) is 19.5 Å². The van der Waals surface area contributed by atoms with Crippen LogP contribution in [0, 0.1) is 11.3 Å². The van der Waals surface area contributed by atoms with Gasteiger partial charge in [-0.15, -0.1) is 0 Å². The quantitative estimate of drug-likeness (QED) is 0.607. The summed E-state index contributed by atoms with van der Waals surface area (Å²) >= 11 is 0. The van der Waals surface area contributed by atoms with E-state index in [0.29, 0.717) is 0 Å². The van der Waals surface area contributed by atoms with Gasteiger partial charge < -0.3 is 5.11 Å². The van der Waals surface area contributed by atoms with Crippen molar-refractivity contribution in [3.63, 3.8) is 0 Å². The summed E-state index contributed by atoms with van der Waals surface area (Å²) in [5.74, 6) is -0.563. The van der Waals surface area contributed by atoms with E-state index in [1.165, 1.54) is 0 Å². The molecule has 0 spiro atoms. The van der Waals surface area contributed by atoms with Gasteiger partial charge in [-0.3, -0.25) is 0 Å². The van der Waals surface area contributed by atoms with Crippen molar-refractivity contribution in [3.05, 3.63) is 0 Å². The lowest BCUT2D eigenvalue weighted by Gasteiger charge is -2.14. The number of aliphatic hydroxyl groups excluding tert-OH is 1. The van der Waals surface area contributed by atoms with Gasteiger partial charge in [0.15, 0.2) is 0 Å². The minimum absolute atomic E-state index is 0.0764. The Morgan fingerprint density at radius 2 is 2.10 bits per heavy atom. The molecule has 1 nitrogen and oxygen atoms in total. The molecule has 1 rings (SSSR count). The van der Waals surface area contributed by atoms with E-state index in [2.05, 4.69) is 0 Å². The number of halogens is 3. The summed E-state index contributed by atoms with van der Waals surface area (Å²) in [5.41, 5.74) is -1.60. The van der Waals surface area contributed by atoms with Gasteiger partial charge in [0, 0.05) is 6.61 Å². The summed E-state index contributed by atoms with van der Waals surface area (Å²) in [5, 5.41) is 8.40. The van der Waals surface area contributed by atoms with Crippen molar-refractivity contribution >= 4 is 0 Å². The molecule has 1 aliphatic rings. The second-order valence-electron chi connectivity index (χ2n) is 3.00. The van der Waals surface area contributed by atoms with E-state index in [9.17, 15) is 13.2 Å². The first-order valence-corrected chi connectivity index (χ1v) is 3.09. The van der Waals surface area contributed by atoms with Gasteiger partial charge in [-0.2, -0.15) is 13.2 Å². The van der Waals surface area contributed by atoms with Crippen molar-refractivity contribution < 1.29 is 18.3 Å². The van der Waals surface area contributed by atoms with E-state index in [-0.39, 0.29) is 13.0 Å². The Kier molecular flexibility index (Phi) is 1.47. The summed E-state index contributed by atoms with van der Waals surface area (Å²) in [7, 11) is 0. The zero-order valence-corrected chi connectivity index (χ0v) is 5.57. The van der Waals surface area contributed by atoms with Gasteiger partial charge in [0.1, 0.15) is 0 Å². The highest BCUT2D eigenvalue weighted by molar-refractivity contribution is 5.03. The normalized spacial score (nSPS) is 39.9. The zero-order chi connectivity index (χ0) is 7.99. The van der Waals surface area contributed by atoms with Crippen LogP contribution in [0.25, 0.3) is 0 Å². The first-order valence-electron chi connectivity index (χ1n) is 3.09. The fourth-order valence-electron chi connectivity index (χ4n) is 1.07. The van der Waals surface area contributed by atoms with Crippen LogP contribution < -0.4 is 0 Å². The zero-order valence-electron chi connectivity index (χ0n) is 5.57. The summed E-state index contributed by atoms with van der Waals surface area (Å²) in [6.07, 6.45) is -4.06. The van der Waals surface area contributed by atoms with Crippen LogP contribution in [0.1, 0.15) is 13.3 Å². The van der Waals surface area contributed by atoms with E-state index >= 15 is 0 Å². The Balaban J connectivity index is 2.59. The molecule has 0 saturated heterocycles. The fourth-order valence-corrected chi connectivity index (χ4v) is 1.07. The molecule has 1 aliphatic carbocycles. The van der Waals surface area contributed by atoms with Gasteiger partial charge in [0.2, 0.25) is 0 Å². The van der Waals surface area contributed by atoms with E-state index in [1.54, 1.807) is 0 Å². The Bertz CT molecular complexity index is 142. The molecule has 2 unspecified atom stereocenters. The number of aliphatic hydroxyl groups is 1. The Labute approximate surface area is 56.8 Å². The maximum absolute atomic E-state index is 12.0. The average Bonchev–Trinajstić information content (AvgIpc) is 2.41. The third kappa shape index (κ3) is 0.905.